The summed E-state index contributed by atoms with van der Waals surface area (Å²) in [5.41, 5.74) is 9.89. The van der Waals surface area contributed by atoms with Gasteiger partial charge in [-0.2, -0.15) is 9.97 Å². The minimum absolute atomic E-state index is 0.543. The van der Waals surface area contributed by atoms with Gasteiger partial charge < -0.3 is 4.42 Å². The van der Waals surface area contributed by atoms with Crippen molar-refractivity contribution in [3.8, 4) is 51.0 Å². The number of hydrogen-bond donors (Lipinski definition) is 0. The highest BCUT2D eigenvalue weighted by Gasteiger charge is 2.23. The van der Waals surface area contributed by atoms with Gasteiger partial charge in [0.25, 0.3) is 0 Å². The molecule has 60 heavy (non-hydrogen) atoms. The second-order valence-corrected chi connectivity index (χ2v) is 14.8. The summed E-state index contributed by atoms with van der Waals surface area (Å²) in [5.74, 6) is 1.75. The lowest BCUT2D eigenvalue weighted by Crippen LogP contribution is -2.07. The largest absolute Gasteiger partial charge is 0.455 e. The molecule has 0 radical (unpaired) electrons. The number of fused-ring (bicyclic) bond motifs is 9. The van der Waals surface area contributed by atoms with E-state index in [1.807, 2.05) is 38.1 Å². The molecule has 0 aliphatic rings. The van der Waals surface area contributed by atoms with Crippen molar-refractivity contribution in [2.24, 2.45) is 0 Å². The second kappa shape index (κ2) is 14.5. The van der Waals surface area contributed by atoms with Crippen LogP contribution in [-0.4, -0.2) is 19.5 Å². The zero-order chi connectivity index (χ0) is 40.2. The lowest BCUT2D eigenvalue weighted by Gasteiger charge is -2.13. The second-order valence-electron chi connectivity index (χ2n) is 14.8. The fraction of sp³-hybridized carbons (Fsp3) is 0.0364. The lowest BCUT2D eigenvalue weighted by atomic mass is 9.98. The van der Waals surface area contributed by atoms with E-state index in [9.17, 15) is 0 Å². The number of benzene rings is 9. The average Bonchev–Trinajstić information content (AvgIpc) is 3.88. The van der Waals surface area contributed by atoms with Crippen molar-refractivity contribution in [2.45, 2.75) is 13.8 Å². The van der Waals surface area contributed by atoms with Gasteiger partial charge in [0.05, 0.1) is 11.0 Å². The smallest absolute Gasteiger partial charge is 0.238 e. The fourth-order valence-electron chi connectivity index (χ4n) is 8.71. The molecule has 12 aromatic rings. The van der Waals surface area contributed by atoms with Crippen LogP contribution in [0.3, 0.4) is 0 Å². The Morgan fingerprint density at radius 3 is 1.68 bits per heavy atom. The normalized spacial score (nSPS) is 11.5. The van der Waals surface area contributed by atoms with Crippen LogP contribution in [0.25, 0.3) is 116 Å². The minimum Gasteiger partial charge on any atom is -0.455 e. The van der Waals surface area contributed by atoms with Crippen LogP contribution in [0.15, 0.2) is 199 Å². The van der Waals surface area contributed by atoms with Crippen LogP contribution in [0.4, 0.5) is 0 Å². The van der Waals surface area contributed by atoms with E-state index in [-0.39, 0.29) is 0 Å². The molecule has 5 nitrogen and oxygen atoms in total. The Morgan fingerprint density at radius 1 is 0.400 bits per heavy atom. The van der Waals surface area contributed by atoms with Crippen LogP contribution in [0, 0.1) is 0 Å². The van der Waals surface area contributed by atoms with E-state index in [0.717, 1.165) is 82.5 Å². The standard InChI is InChI=1S/C53H32N4O.C2H6/c1-3-13-33(14-4-1)34-25-27-37(28-26-34)52-54-51(36-16-5-2-6-17-36)55-53(56-52)57-46-32-39-19-8-7-18-38(39)31-45(46)42-22-11-21-41(49(42)57)43-23-12-24-44-48-40-20-10-9-15-35(40)29-30-47(48)58-50(43)44;1-2/h1-32H;1-2H3. The van der Waals surface area contributed by atoms with Gasteiger partial charge in [-0.05, 0) is 50.9 Å². The molecule has 0 N–H and O–H groups in total. The van der Waals surface area contributed by atoms with Gasteiger partial charge in [-0.1, -0.05) is 190 Å². The molecule has 0 aliphatic heterocycles. The summed E-state index contributed by atoms with van der Waals surface area (Å²) in [6.07, 6.45) is 0. The third-order valence-corrected chi connectivity index (χ3v) is 11.4. The van der Waals surface area contributed by atoms with Gasteiger partial charge in [0.2, 0.25) is 5.95 Å². The first-order chi connectivity index (χ1) is 29.7. The molecular formula is C55H38N4O. The maximum absolute atomic E-state index is 6.82. The van der Waals surface area contributed by atoms with Crippen molar-refractivity contribution < 1.29 is 4.42 Å². The molecule has 3 heterocycles. The van der Waals surface area contributed by atoms with Crippen LogP contribution in [0.2, 0.25) is 0 Å². The first-order valence-corrected chi connectivity index (χ1v) is 20.5. The summed E-state index contributed by atoms with van der Waals surface area (Å²) < 4.78 is 9.06. The van der Waals surface area contributed by atoms with Gasteiger partial charge in [0.15, 0.2) is 11.6 Å². The van der Waals surface area contributed by atoms with Crippen LogP contribution < -0.4 is 0 Å². The molecule has 0 unspecified atom stereocenters. The van der Waals surface area contributed by atoms with Gasteiger partial charge >= 0.3 is 0 Å². The molecule has 0 amide bonds. The zero-order valence-electron chi connectivity index (χ0n) is 33.2. The molecule has 5 heteroatoms. The van der Waals surface area contributed by atoms with E-state index in [1.54, 1.807) is 0 Å². The van der Waals surface area contributed by atoms with Crippen LogP contribution in [0.1, 0.15) is 13.8 Å². The van der Waals surface area contributed by atoms with Gasteiger partial charge in [-0.25, -0.2) is 4.98 Å². The Hall–Kier alpha value is -7.89. The van der Waals surface area contributed by atoms with Gasteiger partial charge in [0.1, 0.15) is 11.2 Å². The molecule has 0 saturated heterocycles. The van der Waals surface area contributed by atoms with Crippen LogP contribution in [-0.2, 0) is 0 Å². The van der Waals surface area contributed by atoms with Gasteiger partial charge in [-0.3, -0.25) is 4.57 Å². The highest BCUT2D eigenvalue weighted by molar-refractivity contribution is 6.23. The Bertz CT molecular complexity index is 3550. The summed E-state index contributed by atoms with van der Waals surface area (Å²) >= 11 is 0. The molecule has 0 aliphatic carbocycles. The van der Waals surface area contributed by atoms with Crippen molar-refractivity contribution in [1.82, 2.24) is 19.5 Å². The van der Waals surface area contributed by atoms with E-state index in [0.29, 0.717) is 17.6 Å². The van der Waals surface area contributed by atoms with E-state index in [4.69, 9.17) is 19.4 Å². The van der Waals surface area contributed by atoms with Gasteiger partial charge in [-0.15, -0.1) is 0 Å². The molecule has 3 aromatic heterocycles. The zero-order valence-corrected chi connectivity index (χ0v) is 33.2. The Morgan fingerprint density at radius 2 is 0.950 bits per heavy atom. The summed E-state index contributed by atoms with van der Waals surface area (Å²) in [7, 11) is 0. The third kappa shape index (κ3) is 5.74. The summed E-state index contributed by atoms with van der Waals surface area (Å²) in [6, 6.07) is 67.9. The molecular weight excluding hydrogens is 733 g/mol. The van der Waals surface area contributed by atoms with E-state index >= 15 is 0 Å². The van der Waals surface area contributed by atoms with Crippen LogP contribution in [0.5, 0.6) is 0 Å². The molecule has 284 valence electrons. The van der Waals surface area contributed by atoms with Crippen LogP contribution >= 0.6 is 0 Å². The first-order valence-electron chi connectivity index (χ1n) is 20.5. The predicted molar refractivity (Wildman–Crippen MR) is 250 cm³/mol. The first kappa shape index (κ1) is 35.3. The number of hydrogen-bond acceptors (Lipinski definition) is 4. The highest BCUT2D eigenvalue weighted by Crippen LogP contribution is 2.44. The average molecular weight is 771 g/mol. The minimum atomic E-state index is 0.543. The Kier molecular flexibility index (Phi) is 8.52. The molecule has 0 spiro atoms. The third-order valence-electron chi connectivity index (χ3n) is 11.4. The molecule has 9 aromatic carbocycles. The predicted octanol–water partition coefficient (Wildman–Crippen LogP) is 14.9. The number of nitrogens with zero attached hydrogens (tertiary/aromatic N) is 4. The van der Waals surface area contributed by atoms with Crippen molar-refractivity contribution in [2.75, 3.05) is 0 Å². The number of rotatable bonds is 5. The highest BCUT2D eigenvalue weighted by atomic mass is 16.3. The molecule has 0 saturated carbocycles. The van der Waals surface area contributed by atoms with E-state index in [1.165, 1.54) is 16.2 Å². The van der Waals surface area contributed by atoms with Crippen molar-refractivity contribution in [3.63, 3.8) is 0 Å². The van der Waals surface area contributed by atoms with Gasteiger partial charge in [0, 0.05) is 43.8 Å². The number of para-hydroxylation sites is 2. The quantitative estimate of drug-likeness (QED) is 0.175. The molecule has 0 fully saturated rings. The molecule has 12 rings (SSSR count). The maximum Gasteiger partial charge on any atom is 0.238 e. The fourth-order valence-corrected chi connectivity index (χ4v) is 8.71. The lowest BCUT2D eigenvalue weighted by molar-refractivity contribution is 0.670. The van der Waals surface area contributed by atoms with E-state index in [2.05, 4.69) is 174 Å². The topological polar surface area (TPSA) is 56.7 Å². The van der Waals surface area contributed by atoms with Crippen molar-refractivity contribution in [3.05, 3.63) is 194 Å². The number of furan rings is 1. The summed E-state index contributed by atoms with van der Waals surface area (Å²) in [5, 5.41) is 9.11. The summed E-state index contributed by atoms with van der Waals surface area (Å²) in [6.45, 7) is 4.00. The van der Waals surface area contributed by atoms with Crippen molar-refractivity contribution in [1.29, 1.82) is 0 Å². The Labute approximate surface area is 346 Å². The SMILES string of the molecule is CC.c1ccc(-c2ccc(-c3nc(-c4ccccc4)nc(-n4c5cc6ccccc6cc5c5cccc(-c6cccc7c6oc6ccc8ccccc8c67)c54)n3)cc2)cc1. The molecule has 0 bridgehead atoms. The Balaban J connectivity index is 0.00000201. The maximum atomic E-state index is 6.82. The molecule has 0 atom stereocenters. The number of aromatic nitrogens is 4. The monoisotopic (exact) mass is 770 g/mol. The summed E-state index contributed by atoms with van der Waals surface area (Å²) in [4.78, 5) is 15.8. The van der Waals surface area contributed by atoms with E-state index < -0.39 is 0 Å². The van der Waals surface area contributed by atoms with Crippen molar-refractivity contribution >= 4 is 65.3 Å².